The van der Waals surface area contributed by atoms with E-state index in [2.05, 4.69) is 12.7 Å². The van der Waals surface area contributed by atoms with Gasteiger partial charge in [0.1, 0.15) is 41.8 Å². The number of unbranched alkanes of at least 4 members (excludes halogenated alkanes) is 2. The molecule has 2 N–H and O–H groups in total. The first kappa shape index (κ1) is 45.5. The minimum absolute atomic E-state index is 0.0320. The van der Waals surface area contributed by atoms with Gasteiger partial charge in [-0.25, -0.2) is 4.79 Å². The number of carbonyl (C=O) groups is 2. The summed E-state index contributed by atoms with van der Waals surface area (Å²) in [5, 5.41) is 24.6. The van der Waals surface area contributed by atoms with E-state index in [9.17, 15) is 19.8 Å². The maximum atomic E-state index is 14.1. The topological polar surface area (TPSA) is 146 Å². The second kappa shape index (κ2) is 21.2. The van der Waals surface area contributed by atoms with Crippen LogP contribution in [0.2, 0.25) is 0 Å². The van der Waals surface area contributed by atoms with Crippen LogP contribution in [0.5, 0.6) is 17.2 Å². The predicted molar refractivity (Wildman–Crippen MR) is 233 cm³/mol. The van der Waals surface area contributed by atoms with E-state index >= 15 is 0 Å². The van der Waals surface area contributed by atoms with Crippen molar-refractivity contribution in [3.63, 3.8) is 0 Å². The highest BCUT2D eigenvalue weighted by Crippen LogP contribution is 2.62. The average Bonchev–Trinajstić information content (AvgIpc) is 3.26. The molecule has 3 aromatic rings. The summed E-state index contributed by atoms with van der Waals surface area (Å²) in [5.74, 6) is -0.386. The number of oxime groups is 1. The van der Waals surface area contributed by atoms with Gasteiger partial charge in [0.2, 0.25) is 5.79 Å². The van der Waals surface area contributed by atoms with E-state index in [1.54, 1.807) is 36.2 Å². The second-order valence-electron chi connectivity index (χ2n) is 17.0. The quantitative estimate of drug-likeness (QED) is 0.0462. The van der Waals surface area contributed by atoms with Crippen LogP contribution in [0.15, 0.2) is 102 Å². The molecule has 12 heteroatoms. The predicted octanol–water partition coefficient (Wildman–Crippen LogP) is 9.01. The first-order valence-electron chi connectivity index (χ1n) is 21.5. The van der Waals surface area contributed by atoms with Crippen molar-refractivity contribution in [2.24, 2.45) is 22.9 Å². The zero-order chi connectivity index (χ0) is 43.4. The van der Waals surface area contributed by atoms with Crippen LogP contribution in [-0.2, 0) is 25.7 Å². The van der Waals surface area contributed by atoms with Crippen molar-refractivity contribution < 1.29 is 48.3 Å². The summed E-state index contributed by atoms with van der Waals surface area (Å²) in [6.07, 6.45) is 8.95. The molecule has 0 radical (unpaired) electrons. The fourth-order valence-electron chi connectivity index (χ4n) is 8.95. The van der Waals surface area contributed by atoms with Crippen LogP contribution in [-0.4, -0.2) is 90.7 Å². The molecule has 2 aliphatic carbocycles. The minimum Gasteiger partial charge on any atom is -0.459 e. The Labute approximate surface area is 360 Å². The molecular weight excluding hydrogens is 777 g/mol. The lowest BCUT2D eigenvalue weighted by atomic mass is 9.55. The molecule has 1 aliphatic heterocycles. The van der Waals surface area contributed by atoms with E-state index in [1.165, 1.54) is 0 Å². The molecule has 12 nitrogen and oxygen atoms in total. The Hall–Kier alpha value is -5.01. The number of aliphatic hydroxyl groups excluding tert-OH is 2. The molecular formula is C49H62N2O10. The fourth-order valence-corrected chi connectivity index (χ4v) is 8.95. The van der Waals surface area contributed by atoms with Crippen molar-refractivity contribution in [2.45, 2.75) is 95.7 Å². The Bertz CT molecular complexity index is 1990. The van der Waals surface area contributed by atoms with Gasteiger partial charge in [0.05, 0.1) is 31.5 Å². The van der Waals surface area contributed by atoms with Gasteiger partial charge in [0.25, 0.3) is 0 Å². The number of likely N-dealkylation sites (N-methyl/N-ethyl adjacent to an activating group) is 1. The van der Waals surface area contributed by atoms with Gasteiger partial charge in [0.15, 0.2) is 0 Å². The smallest absolute Gasteiger partial charge is 0.410 e. The number of fused-ring (bicyclic) bond motifs is 2. The molecule has 328 valence electrons. The number of nitrogens with zero attached hydrogens (tertiary/aromatic N) is 2. The number of benzene rings is 3. The van der Waals surface area contributed by atoms with E-state index in [1.807, 2.05) is 75.4 Å². The van der Waals surface area contributed by atoms with Crippen molar-refractivity contribution in [1.82, 2.24) is 4.90 Å². The van der Waals surface area contributed by atoms with Crippen LogP contribution >= 0.6 is 0 Å². The van der Waals surface area contributed by atoms with Gasteiger partial charge in [-0.05, 0) is 99.8 Å². The number of amides is 1. The standard InChI is InChI=1S/C49H62N2O10/c1-6-25-58-49-44(51(5)47(55)57-27-26-56-33-34-15-8-7-9-16-34)31-42(50-61-48(2,3)4)40-29-36(18-10-12-23-52)39(20-11-13-24-53)45(46(40)49)41-30-38(21-22-43(41)60-49)59-37-19-14-17-35(28-37)32-54/h6-9,14-17,19,21-22,28-30,32,36,39,44-46,52-53H,1,10-13,18,20,23-27,31,33H2,2-5H3. The van der Waals surface area contributed by atoms with E-state index in [4.69, 9.17) is 33.7 Å². The van der Waals surface area contributed by atoms with Gasteiger partial charge >= 0.3 is 6.09 Å². The maximum Gasteiger partial charge on any atom is 0.410 e. The van der Waals surface area contributed by atoms with Crippen LogP contribution in [0, 0.1) is 17.8 Å². The third-order valence-corrected chi connectivity index (χ3v) is 11.6. The van der Waals surface area contributed by atoms with Crippen molar-refractivity contribution >= 4 is 18.1 Å². The van der Waals surface area contributed by atoms with Crippen LogP contribution in [0.3, 0.4) is 0 Å². The summed E-state index contributed by atoms with van der Waals surface area (Å²) in [5.41, 5.74) is 3.44. The van der Waals surface area contributed by atoms with Gasteiger partial charge in [-0.2, -0.15) is 0 Å². The molecule has 3 aromatic carbocycles. The lowest BCUT2D eigenvalue weighted by Crippen LogP contribution is -2.69. The van der Waals surface area contributed by atoms with Crippen LogP contribution in [0.4, 0.5) is 4.79 Å². The molecule has 1 fully saturated rings. The molecule has 0 saturated heterocycles. The van der Waals surface area contributed by atoms with Crippen molar-refractivity contribution in [3.8, 4) is 17.2 Å². The first-order valence-corrected chi connectivity index (χ1v) is 21.5. The van der Waals surface area contributed by atoms with Gasteiger partial charge in [-0.3, -0.25) is 4.79 Å². The average molecular weight is 839 g/mol. The zero-order valence-corrected chi connectivity index (χ0v) is 36.0. The highest BCUT2D eigenvalue weighted by molar-refractivity contribution is 6.03. The maximum absolute atomic E-state index is 14.1. The van der Waals surface area contributed by atoms with Crippen LogP contribution < -0.4 is 9.47 Å². The zero-order valence-electron chi connectivity index (χ0n) is 36.0. The SMILES string of the molecule is C=CCOC12Oc3ccc(Oc4cccc(C=O)c4)cc3C3C(CCCCO)C(CCCCO)C=C(C(=NOC(C)(C)C)CC1N(C)C(=O)OCCOCc1ccccc1)C32. The molecule has 0 aromatic heterocycles. The number of hydrogen-bond donors (Lipinski definition) is 2. The summed E-state index contributed by atoms with van der Waals surface area (Å²) in [6.45, 7) is 10.8. The molecule has 0 spiro atoms. The summed E-state index contributed by atoms with van der Waals surface area (Å²) in [6, 6.07) is 21.8. The molecule has 1 heterocycles. The van der Waals surface area contributed by atoms with E-state index in [0.29, 0.717) is 48.0 Å². The van der Waals surface area contributed by atoms with Crippen molar-refractivity contribution in [1.29, 1.82) is 0 Å². The number of rotatable bonds is 21. The Morgan fingerprint density at radius 1 is 0.967 bits per heavy atom. The molecule has 0 bridgehead atoms. The molecule has 6 atom stereocenters. The Morgan fingerprint density at radius 2 is 1.72 bits per heavy atom. The lowest BCUT2D eigenvalue weighted by molar-refractivity contribution is -0.253. The Kier molecular flexibility index (Phi) is 15.8. The highest BCUT2D eigenvalue weighted by Gasteiger charge is 2.65. The van der Waals surface area contributed by atoms with Crippen LogP contribution in [0.25, 0.3) is 0 Å². The number of aldehydes is 1. The first-order chi connectivity index (χ1) is 29.5. The molecule has 6 unspecified atom stereocenters. The normalized spacial score (nSPS) is 23.5. The van der Waals surface area contributed by atoms with Gasteiger partial charge in [-0.15, -0.1) is 6.58 Å². The summed E-state index contributed by atoms with van der Waals surface area (Å²) in [4.78, 5) is 33.5. The van der Waals surface area contributed by atoms with Crippen LogP contribution in [0.1, 0.15) is 93.1 Å². The van der Waals surface area contributed by atoms with E-state index in [-0.39, 0.29) is 57.2 Å². The number of ether oxygens (including phenoxy) is 5. The molecule has 1 saturated carbocycles. The van der Waals surface area contributed by atoms with E-state index in [0.717, 1.165) is 48.7 Å². The van der Waals surface area contributed by atoms with Gasteiger partial charge in [0, 0.05) is 43.7 Å². The molecule has 3 aliphatic rings. The second-order valence-corrected chi connectivity index (χ2v) is 17.0. The van der Waals surface area contributed by atoms with Gasteiger partial charge < -0.3 is 43.6 Å². The Morgan fingerprint density at radius 3 is 2.44 bits per heavy atom. The highest BCUT2D eigenvalue weighted by atomic mass is 16.7. The number of hydrogen-bond acceptors (Lipinski definition) is 11. The molecule has 61 heavy (non-hydrogen) atoms. The summed E-state index contributed by atoms with van der Waals surface area (Å²) >= 11 is 0. The monoisotopic (exact) mass is 838 g/mol. The Balaban J connectivity index is 1.46. The largest absolute Gasteiger partial charge is 0.459 e. The fraction of sp³-hybridized carbons (Fsp3) is 0.490. The summed E-state index contributed by atoms with van der Waals surface area (Å²) in [7, 11) is 1.70. The van der Waals surface area contributed by atoms with Crippen molar-refractivity contribution in [2.75, 3.05) is 40.1 Å². The lowest BCUT2D eigenvalue weighted by Gasteiger charge is -2.59. The minimum atomic E-state index is -1.43. The third-order valence-electron chi connectivity index (χ3n) is 11.6. The van der Waals surface area contributed by atoms with Crippen molar-refractivity contribution in [3.05, 3.63) is 114 Å². The number of allylic oxidation sites excluding steroid dienone is 1. The van der Waals surface area contributed by atoms with Gasteiger partial charge in [-0.1, -0.05) is 72.6 Å². The number of aliphatic hydroxyl groups is 2. The molecule has 6 rings (SSSR count). The summed E-state index contributed by atoms with van der Waals surface area (Å²) < 4.78 is 32.3. The number of carbonyl (C=O) groups excluding carboxylic acids is 2. The third kappa shape index (κ3) is 11.1. The molecule has 1 amide bonds. The van der Waals surface area contributed by atoms with E-state index < -0.39 is 29.4 Å².